The van der Waals surface area contributed by atoms with E-state index in [1.807, 2.05) is 0 Å². The second-order valence-corrected chi connectivity index (χ2v) is 3.58. The molecule has 2 aromatic rings. The summed E-state index contributed by atoms with van der Waals surface area (Å²) in [4.78, 5) is 27.3. The number of rotatable bonds is 4. The molecule has 0 atom stereocenters. The number of hydrogen-bond donors (Lipinski definition) is 2. The van der Waals surface area contributed by atoms with E-state index >= 15 is 0 Å². The van der Waals surface area contributed by atoms with Gasteiger partial charge in [-0.25, -0.2) is 10.4 Å². The Bertz CT molecular complexity index is 687. The molecule has 0 unspecified atom stereocenters. The van der Waals surface area contributed by atoms with Crippen LogP contribution in [-0.2, 0) is 0 Å². The summed E-state index contributed by atoms with van der Waals surface area (Å²) in [6, 6.07) is 2.56. The first-order chi connectivity index (χ1) is 9.04. The van der Waals surface area contributed by atoms with Gasteiger partial charge in [-0.1, -0.05) is 0 Å². The van der Waals surface area contributed by atoms with Crippen LogP contribution in [0.3, 0.4) is 0 Å². The number of anilines is 1. The number of H-pyrrole nitrogens is 1. The van der Waals surface area contributed by atoms with Crippen molar-refractivity contribution in [2.75, 3.05) is 5.43 Å². The molecule has 0 aliphatic rings. The monoisotopic (exact) mass is 263 g/mol. The van der Waals surface area contributed by atoms with Gasteiger partial charge in [0.05, 0.1) is 12.3 Å². The Kier molecular flexibility index (Phi) is 3.37. The molecule has 9 nitrogen and oxygen atoms in total. The molecule has 0 aliphatic carbocycles. The molecule has 0 bridgehead atoms. The van der Waals surface area contributed by atoms with Gasteiger partial charge in [0.1, 0.15) is 11.2 Å². The van der Waals surface area contributed by atoms with Crippen molar-refractivity contribution >= 4 is 18.0 Å². The number of hydrazone groups is 1. The van der Waals surface area contributed by atoms with Crippen molar-refractivity contribution in [3.05, 3.63) is 50.1 Å². The lowest BCUT2D eigenvalue weighted by molar-refractivity contribution is -0.402. The maximum Gasteiger partial charge on any atom is 0.433 e. The Balaban J connectivity index is 2.06. The summed E-state index contributed by atoms with van der Waals surface area (Å²) >= 11 is 0. The van der Waals surface area contributed by atoms with Crippen LogP contribution < -0.4 is 11.0 Å². The third-order valence-corrected chi connectivity index (χ3v) is 2.04. The first kappa shape index (κ1) is 12.5. The maximum absolute atomic E-state index is 11.1. The summed E-state index contributed by atoms with van der Waals surface area (Å²) in [5.74, 6) is -0.192. The van der Waals surface area contributed by atoms with Crippen LogP contribution >= 0.6 is 0 Å². The molecule has 9 heteroatoms. The molecular formula is C10H9N5O4. The predicted molar refractivity (Wildman–Crippen MR) is 66.2 cm³/mol. The highest BCUT2D eigenvalue weighted by Gasteiger charge is 2.10. The number of hydrogen-bond acceptors (Lipinski definition) is 7. The maximum atomic E-state index is 11.1. The molecule has 2 rings (SSSR count). The van der Waals surface area contributed by atoms with Crippen LogP contribution in [0.5, 0.6) is 0 Å². The SMILES string of the molecule is Cc1cc(=O)[nH]c(NN=Cc2coc([N+](=O)[O-])c2)n1. The summed E-state index contributed by atoms with van der Waals surface area (Å²) < 4.78 is 4.68. The first-order valence-corrected chi connectivity index (χ1v) is 5.14. The minimum atomic E-state index is -0.648. The molecule has 98 valence electrons. The van der Waals surface area contributed by atoms with Gasteiger partial charge in [0, 0.05) is 17.3 Å². The van der Waals surface area contributed by atoms with Crippen molar-refractivity contribution in [2.45, 2.75) is 6.92 Å². The second kappa shape index (κ2) is 5.12. The number of nitro groups is 1. The number of nitrogens with one attached hydrogen (secondary N) is 2. The van der Waals surface area contributed by atoms with E-state index in [0.717, 1.165) is 0 Å². The molecule has 0 aliphatic heterocycles. The van der Waals surface area contributed by atoms with Crippen molar-refractivity contribution in [1.82, 2.24) is 9.97 Å². The van der Waals surface area contributed by atoms with E-state index < -0.39 is 4.92 Å². The van der Waals surface area contributed by atoms with E-state index in [2.05, 4.69) is 24.9 Å². The van der Waals surface area contributed by atoms with Gasteiger partial charge in [0.2, 0.25) is 5.95 Å². The van der Waals surface area contributed by atoms with Crippen molar-refractivity contribution in [2.24, 2.45) is 5.10 Å². The fourth-order valence-corrected chi connectivity index (χ4v) is 1.30. The van der Waals surface area contributed by atoms with Gasteiger partial charge >= 0.3 is 5.88 Å². The Morgan fingerprint density at radius 1 is 1.58 bits per heavy atom. The number of aromatic amines is 1. The van der Waals surface area contributed by atoms with E-state index in [0.29, 0.717) is 11.3 Å². The van der Waals surface area contributed by atoms with Crippen molar-refractivity contribution in [1.29, 1.82) is 0 Å². The Labute approximate surface area is 106 Å². The normalized spacial score (nSPS) is 10.8. The lowest BCUT2D eigenvalue weighted by Gasteiger charge is -1.98. The van der Waals surface area contributed by atoms with Crippen molar-refractivity contribution < 1.29 is 9.34 Å². The van der Waals surface area contributed by atoms with Gasteiger partial charge in [-0.3, -0.25) is 19.9 Å². The summed E-state index contributed by atoms with van der Waals surface area (Å²) in [5.41, 5.74) is 3.16. The van der Waals surface area contributed by atoms with E-state index in [9.17, 15) is 14.9 Å². The summed E-state index contributed by atoms with van der Waals surface area (Å²) in [6.45, 7) is 1.67. The van der Waals surface area contributed by atoms with E-state index in [1.165, 1.54) is 24.6 Å². The molecule has 0 aromatic carbocycles. The highest BCUT2D eigenvalue weighted by atomic mass is 16.6. The molecule has 2 aromatic heterocycles. The Hall–Kier alpha value is -2.97. The second-order valence-electron chi connectivity index (χ2n) is 3.58. The van der Waals surface area contributed by atoms with Crippen LogP contribution in [0.2, 0.25) is 0 Å². The molecule has 2 N–H and O–H groups in total. The van der Waals surface area contributed by atoms with Crippen LogP contribution in [0, 0.1) is 17.0 Å². The van der Waals surface area contributed by atoms with E-state index in [-0.39, 0.29) is 17.4 Å². The predicted octanol–water partition coefficient (Wildman–Crippen LogP) is 1.03. The number of aromatic nitrogens is 2. The average Bonchev–Trinajstić information content (AvgIpc) is 2.76. The largest absolute Gasteiger partial charge is 0.433 e. The zero-order valence-electron chi connectivity index (χ0n) is 9.78. The topological polar surface area (TPSA) is 126 Å². The zero-order valence-corrected chi connectivity index (χ0v) is 9.78. The fraction of sp³-hybridized carbons (Fsp3) is 0.100. The smallest absolute Gasteiger partial charge is 0.409 e. The Morgan fingerprint density at radius 2 is 2.37 bits per heavy atom. The quantitative estimate of drug-likeness (QED) is 0.481. The van der Waals surface area contributed by atoms with Crippen LogP contribution in [0.4, 0.5) is 11.8 Å². The standard InChI is InChI=1S/C10H9N5O4/c1-6-2-8(16)13-10(12-6)14-11-4-7-3-9(15(17)18)19-5-7/h2-5H,1H3,(H2,12,13,14,16). The summed E-state index contributed by atoms with van der Waals surface area (Å²) in [6.07, 6.45) is 2.49. The highest BCUT2D eigenvalue weighted by Crippen LogP contribution is 2.13. The first-order valence-electron chi connectivity index (χ1n) is 5.14. The van der Waals surface area contributed by atoms with Crippen molar-refractivity contribution in [3.8, 4) is 0 Å². The van der Waals surface area contributed by atoms with Gasteiger partial charge < -0.3 is 4.42 Å². The summed E-state index contributed by atoms with van der Waals surface area (Å²) in [7, 11) is 0. The molecule has 0 amide bonds. The fourth-order valence-electron chi connectivity index (χ4n) is 1.30. The minimum absolute atomic E-state index is 0.180. The van der Waals surface area contributed by atoms with Crippen LogP contribution in [0.1, 0.15) is 11.3 Å². The van der Waals surface area contributed by atoms with Crippen LogP contribution in [0.15, 0.2) is 32.7 Å². The highest BCUT2D eigenvalue weighted by molar-refractivity contribution is 5.80. The Morgan fingerprint density at radius 3 is 3.00 bits per heavy atom. The molecule has 0 radical (unpaired) electrons. The van der Waals surface area contributed by atoms with Gasteiger partial charge in [0.25, 0.3) is 5.56 Å². The van der Waals surface area contributed by atoms with Gasteiger partial charge in [-0.05, 0) is 6.92 Å². The third-order valence-electron chi connectivity index (χ3n) is 2.04. The van der Waals surface area contributed by atoms with Crippen molar-refractivity contribution in [3.63, 3.8) is 0 Å². The van der Waals surface area contributed by atoms with Gasteiger partial charge in [0.15, 0.2) is 0 Å². The van der Waals surface area contributed by atoms with Crippen LogP contribution in [-0.4, -0.2) is 21.1 Å². The average molecular weight is 263 g/mol. The van der Waals surface area contributed by atoms with Gasteiger partial charge in [-0.2, -0.15) is 5.10 Å². The molecule has 0 fully saturated rings. The molecular weight excluding hydrogens is 254 g/mol. The molecule has 0 saturated carbocycles. The molecule has 0 spiro atoms. The molecule has 2 heterocycles. The van der Waals surface area contributed by atoms with Gasteiger partial charge in [-0.15, -0.1) is 0 Å². The lowest BCUT2D eigenvalue weighted by Crippen LogP contribution is -2.10. The van der Waals surface area contributed by atoms with E-state index in [4.69, 9.17) is 0 Å². The molecule has 0 saturated heterocycles. The molecule has 19 heavy (non-hydrogen) atoms. The number of furan rings is 1. The third kappa shape index (κ3) is 3.25. The lowest BCUT2D eigenvalue weighted by atomic mass is 10.4. The van der Waals surface area contributed by atoms with Crippen LogP contribution in [0.25, 0.3) is 0 Å². The van der Waals surface area contributed by atoms with E-state index in [1.54, 1.807) is 6.92 Å². The number of aryl methyl sites for hydroxylation is 1. The number of nitrogens with zero attached hydrogens (tertiary/aromatic N) is 3. The minimum Gasteiger partial charge on any atom is -0.409 e. The zero-order chi connectivity index (χ0) is 13.8. The summed E-state index contributed by atoms with van der Waals surface area (Å²) in [5, 5.41) is 14.2.